The molecule has 3 rings (SSSR count). The van der Waals surface area contributed by atoms with Gasteiger partial charge in [-0.1, -0.05) is 11.6 Å². The summed E-state index contributed by atoms with van der Waals surface area (Å²) in [6, 6.07) is 2.89. The lowest BCUT2D eigenvalue weighted by Crippen LogP contribution is -3.17. The van der Waals surface area contributed by atoms with Crippen molar-refractivity contribution in [2.45, 2.75) is 32.2 Å². The molecule has 0 radical (unpaired) electrons. The molecule has 8 heteroatoms. The lowest BCUT2D eigenvalue weighted by molar-refractivity contribution is -0.920. The molecular formula is C19H24ClN2O5+. The molecule has 146 valence electrons. The number of nitrogens with zero attached hydrogens (tertiary/aromatic N) is 1. The van der Waals surface area contributed by atoms with Crippen molar-refractivity contribution in [1.29, 1.82) is 0 Å². The Morgan fingerprint density at radius 3 is 2.48 bits per heavy atom. The summed E-state index contributed by atoms with van der Waals surface area (Å²) in [6.45, 7) is 3.14. The third kappa shape index (κ3) is 3.66. The van der Waals surface area contributed by atoms with Gasteiger partial charge in [0.25, 0.3) is 5.91 Å². The summed E-state index contributed by atoms with van der Waals surface area (Å²) in [6.07, 6.45) is 1.47. The number of carbonyl (C=O) groups excluding carboxylic acids is 3. The highest BCUT2D eigenvalue weighted by molar-refractivity contribution is 6.32. The molecule has 2 heterocycles. The maximum absolute atomic E-state index is 13.1. The molecule has 1 aromatic rings. The maximum atomic E-state index is 13.1. The molecular weight excluding hydrogens is 372 g/mol. The van der Waals surface area contributed by atoms with Gasteiger partial charge in [-0.3, -0.25) is 14.4 Å². The molecule has 1 aromatic carbocycles. The number of nitrogens with one attached hydrogen (secondary N) is 1. The van der Waals surface area contributed by atoms with Crippen LogP contribution in [0.1, 0.15) is 24.8 Å². The summed E-state index contributed by atoms with van der Waals surface area (Å²) in [7, 11) is 2.87. The number of imide groups is 1. The van der Waals surface area contributed by atoms with Gasteiger partial charge < -0.3 is 14.4 Å². The summed E-state index contributed by atoms with van der Waals surface area (Å²) in [4.78, 5) is 39.7. The van der Waals surface area contributed by atoms with Gasteiger partial charge in [-0.15, -0.1) is 0 Å². The van der Waals surface area contributed by atoms with Crippen molar-refractivity contribution in [1.82, 2.24) is 0 Å². The number of piperidine rings is 1. The molecule has 7 nitrogen and oxygen atoms in total. The van der Waals surface area contributed by atoms with Crippen LogP contribution in [0.3, 0.4) is 0 Å². The van der Waals surface area contributed by atoms with Crippen LogP contribution in [0.4, 0.5) is 5.69 Å². The molecule has 1 N–H and O–H groups in total. The average Bonchev–Trinajstić information content (AvgIpc) is 2.97. The lowest BCUT2D eigenvalue weighted by Gasteiger charge is -2.31. The summed E-state index contributed by atoms with van der Waals surface area (Å²) < 4.78 is 10.1. The van der Waals surface area contributed by atoms with Crippen molar-refractivity contribution in [2.75, 3.05) is 32.2 Å². The van der Waals surface area contributed by atoms with Gasteiger partial charge in [0.05, 0.1) is 45.3 Å². The van der Waals surface area contributed by atoms with Crippen molar-refractivity contribution in [2.24, 2.45) is 5.92 Å². The Morgan fingerprint density at radius 2 is 1.89 bits per heavy atom. The summed E-state index contributed by atoms with van der Waals surface area (Å²) in [5, 5.41) is 0.516. The monoisotopic (exact) mass is 395 g/mol. The first-order valence-corrected chi connectivity index (χ1v) is 9.38. The van der Waals surface area contributed by atoms with E-state index < -0.39 is 6.04 Å². The maximum Gasteiger partial charge on any atom is 0.309 e. The first-order valence-electron chi connectivity index (χ1n) is 9.00. The fraction of sp³-hybridized carbons (Fsp3) is 0.526. The molecule has 27 heavy (non-hydrogen) atoms. The van der Waals surface area contributed by atoms with Gasteiger partial charge in [0.15, 0.2) is 6.04 Å². The van der Waals surface area contributed by atoms with Crippen LogP contribution in [0.2, 0.25) is 5.02 Å². The van der Waals surface area contributed by atoms with E-state index in [0.29, 0.717) is 42.4 Å². The molecule has 1 atom stereocenters. The lowest BCUT2D eigenvalue weighted by atomic mass is 9.95. The number of likely N-dealkylation sites (tertiary alicyclic amines) is 1. The van der Waals surface area contributed by atoms with Crippen LogP contribution in [0.25, 0.3) is 0 Å². The van der Waals surface area contributed by atoms with Crippen LogP contribution in [0.5, 0.6) is 5.75 Å². The second kappa shape index (κ2) is 7.86. The number of hydrogen-bond acceptors (Lipinski definition) is 5. The molecule has 0 saturated carbocycles. The topological polar surface area (TPSA) is 77.3 Å². The number of methoxy groups -OCH3 is 2. The molecule has 2 aliphatic heterocycles. The Balaban J connectivity index is 1.79. The second-order valence-corrected chi connectivity index (χ2v) is 7.46. The third-order valence-corrected chi connectivity index (χ3v) is 5.91. The number of halogens is 1. The minimum Gasteiger partial charge on any atom is -0.495 e. The Labute approximate surface area is 163 Å². The van der Waals surface area contributed by atoms with Gasteiger partial charge >= 0.3 is 5.97 Å². The predicted molar refractivity (Wildman–Crippen MR) is 99.1 cm³/mol. The number of hydrogen-bond donors (Lipinski definition) is 1. The van der Waals surface area contributed by atoms with Crippen molar-refractivity contribution in [3.05, 3.63) is 22.7 Å². The Hall–Kier alpha value is -2.12. The van der Waals surface area contributed by atoms with Crippen molar-refractivity contribution >= 4 is 35.1 Å². The molecule has 2 saturated heterocycles. The molecule has 2 aliphatic rings. The van der Waals surface area contributed by atoms with Crippen LogP contribution in [0, 0.1) is 12.8 Å². The predicted octanol–water partition coefficient (Wildman–Crippen LogP) is 0.757. The van der Waals surface area contributed by atoms with Crippen LogP contribution < -0.4 is 14.5 Å². The van der Waals surface area contributed by atoms with Gasteiger partial charge in [0, 0.05) is 23.9 Å². The highest BCUT2D eigenvalue weighted by atomic mass is 35.5. The summed E-state index contributed by atoms with van der Waals surface area (Å²) in [5.74, 6) is -0.404. The smallest absolute Gasteiger partial charge is 0.309 e. The van der Waals surface area contributed by atoms with Crippen LogP contribution in [-0.4, -0.2) is 51.1 Å². The van der Waals surface area contributed by atoms with Crippen molar-refractivity contribution in [3.8, 4) is 5.75 Å². The number of anilines is 1. The summed E-state index contributed by atoms with van der Waals surface area (Å²) >= 11 is 6.14. The quantitative estimate of drug-likeness (QED) is 0.601. The molecule has 0 spiro atoms. The number of rotatable bonds is 4. The first kappa shape index (κ1) is 19.6. The molecule has 0 aromatic heterocycles. The van der Waals surface area contributed by atoms with Gasteiger partial charge in [0.1, 0.15) is 5.75 Å². The largest absolute Gasteiger partial charge is 0.495 e. The van der Waals surface area contributed by atoms with E-state index in [2.05, 4.69) is 0 Å². The van der Waals surface area contributed by atoms with E-state index in [0.717, 1.165) is 10.5 Å². The Kier molecular flexibility index (Phi) is 5.72. The number of quaternary nitrogens is 1. The number of aryl methyl sites for hydroxylation is 1. The number of benzene rings is 1. The SMILES string of the molecule is COC(=O)C1CC[NH+]([C@@H]2CC(=O)N(c3cc(C)c(Cl)cc3OC)C2=O)CC1. The number of carbonyl (C=O) groups is 3. The number of ether oxygens (including phenoxy) is 2. The minimum atomic E-state index is -0.434. The van der Waals surface area contributed by atoms with Gasteiger partial charge in [0.2, 0.25) is 5.91 Å². The summed E-state index contributed by atoms with van der Waals surface area (Å²) in [5.41, 5.74) is 1.20. The Bertz CT molecular complexity index is 774. The molecule has 0 bridgehead atoms. The van der Waals surface area contributed by atoms with E-state index in [4.69, 9.17) is 21.1 Å². The van der Waals surface area contributed by atoms with E-state index in [9.17, 15) is 14.4 Å². The molecule has 2 amide bonds. The Morgan fingerprint density at radius 1 is 1.22 bits per heavy atom. The van der Waals surface area contributed by atoms with Crippen molar-refractivity contribution in [3.63, 3.8) is 0 Å². The van der Waals surface area contributed by atoms with E-state index in [1.54, 1.807) is 12.1 Å². The van der Waals surface area contributed by atoms with Crippen LogP contribution in [0.15, 0.2) is 12.1 Å². The zero-order valence-corrected chi connectivity index (χ0v) is 16.5. The van der Waals surface area contributed by atoms with E-state index in [1.165, 1.54) is 19.1 Å². The number of amides is 2. The van der Waals surface area contributed by atoms with Gasteiger partial charge in [-0.2, -0.15) is 0 Å². The van der Waals surface area contributed by atoms with E-state index in [-0.39, 0.29) is 30.1 Å². The highest BCUT2D eigenvalue weighted by Gasteiger charge is 2.47. The molecule has 0 aliphatic carbocycles. The van der Waals surface area contributed by atoms with Crippen LogP contribution in [-0.2, 0) is 19.1 Å². The minimum absolute atomic E-state index is 0.124. The average molecular weight is 396 g/mol. The van der Waals surface area contributed by atoms with E-state index >= 15 is 0 Å². The number of esters is 1. The molecule has 2 fully saturated rings. The highest BCUT2D eigenvalue weighted by Crippen LogP contribution is 2.36. The fourth-order valence-electron chi connectivity index (χ4n) is 3.93. The third-order valence-electron chi connectivity index (χ3n) is 5.50. The zero-order valence-electron chi connectivity index (χ0n) is 15.7. The normalized spacial score (nSPS) is 25.6. The standard InChI is InChI=1S/C19H23ClN2O5/c1-11-8-14(16(26-2)9-13(11)20)22-17(23)10-15(18(22)24)21-6-4-12(5-7-21)19(25)27-3/h8-9,12,15H,4-7,10H2,1-3H3/p+1/t15-/m1/s1. The fourth-order valence-corrected chi connectivity index (χ4v) is 4.08. The first-order chi connectivity index (χ1) is 12.9. The van der Waals surface area contributed by atoms with Crippen LogP contribution >= 0.6 is 11.6 Å². The van der Waals surface area contributed by atoms with Gasteiger partial charge in [-0.05, 0) is 18.6 Å². The zero-order chi connectivity index (χ0) is 19.7. The van der Waals surface area contributed by atoms with Crippen molar-refractivity contribution < 1.29 is 28.8 Å². The van der Waals surface area contributed by atoms with Gasteiger partial charge in [-0.25, -0.2) is 4.90 Å². The van der Waals surface area contributed by atoms with E-state index in [1.807, 2.05) is 6.92 Å². The molecule has 0 unspecified atom stereocenters. The second-order valence-electron chi connectivity index (χ2n) is 7.05.